The van der Waals surface area contributed by atoms with Crippen LogP contribution in [0.2, 0.25) is 0 Å². The summed E-state index contributed by atoms with van der Waals surface area (Å²) in [6.45, 7) is -1.28. The summed E-state index contributed by atoms with van der Waals surface area (Å²) in [5, 5.41) is 22.6. The van der Waals surface area contributed by atoms with Crippen molar-refractivity contribution in [1.82, 2.24) is 39.0 Å². The first-order valence-corrected chi connectivity index (χ1v) is 16.7. The minimum Gasteiger partial charge on any atom is -0.387 e. The minimum atomic E-state index is -4.60. The molecule has 25 heteroatoms. The van der Waals surface area contributed by atoms with E-state index in [1.165, 1.54) is 28.1 Å². The number of ether oxygens (including phenoxy) is 2. The molecule has 4 unspecified atom stereocenters. The molecule has 7 rings (SSSR count). The molecule has 7 heterocycles. The van der Waals surface area contributed by atoms with Crippen molar-refractivity contribution in [2.45, 2.75) is 49.1 Å². The Morgan fingerprint density at radius 3 is 2.17 bits per heavy atom. The van der Waals surface area contributed by atoms with Gasteiger partial charge in [-0.3, -0.25) is 46.1 Å². The number of hydrogen-bond acceptors (Lipinski definition) is 20. The van der Waals surface area contributed by atoms with Crippen molar-refractivity contribution in [3.05, 3.63) is 29.3 Å². The standard InChI is InChI=1S/C22H28N10O13P2/c1-38-46(36)40-3-8-12(33)15(21(42-8)32-7-28-11-18(32)29-22(24)30-19(11)35)45-47(37,39-2)41-4-9-14(44-46)13(34)20(43-9)31-6-27-10-16(23)25-5-26-17(10)31/h5-9,12-15,20-21,33-34H,3-4H2,1-2H3,(H2,23,25,26)(H3,24,29,30,35)/t8-,9-,12+,13?,14+,15?,20-,21-,46?,47?/m1/s1. The van der Waals surface area contributed by atoms with Gasteiger partial charge in [-0.15, -0.1) is 0 Å². The van der Waals surface area contributed by atoms with E-state index < -0.39 is 83.5 Å². The van der Waals surface area contributed by atoms with Gasteiger partial charge in [0.05, 0.1) is 25.9 Å². The second-order valence-corrected chi connectivity index (χ2v) is 13.9. The summed E-state index contributed by atoms with van der Waals surface area (Å²) in [7, 11) is -7.07. The lowest BCUT2D eigenvalue weighted by Gasteiger charge is -2.27. The van der Waals surface area contributed by atoms with E-state index in [-0.39, 0.29) is 34.1 Å². The number of aromatic amines is 1. The van der Waals surface area contributed by atoms with Crippen LogP contribution in [0.4, 0.5) is 11.8 Å². The molecule has 3 aliphatic rings. The average molecular weight is 702 g/mol. The van der Waals surface area contributed by atoms with Gasteiger partial charge in [-0.25, -0.2) is 29.1 Å². The number of imidazole rings is 2. The number of hydrogen-bond donors (Lipinski definition) is 5. The zero-order valence-corrected chi connectivity index (χ0v) is 26.1. The number of aliphatic hydroxyl groups is 2. The molecule has 254 valence electrons. The summed E-state index contributed by atoms with van der Waals surface area (Å²) in [5.74, 6) is -0.163. The van der Waals surface area contributed by atoms with E-state index in [0.29, 0.717) is 0 Å². The molecule has 2 bridgehead atoms. The van der Waals surface area contributed by atoms with E-state index in [1.807, 2.05) is 0 Å². The van der Waals surface area contributed by atoms with Crippen LogP contribution in [-0.2, 0) is 45.7 Å². The summed E-state index contributed by atoms with van der Waals surface area (Å²) < 4.78 is 74.9. The Balaban J connectivity index is 1.24. The van der Waals surface area contributed by atoms with Gasteiger partial charge in [0.2, 0.25) is 5.95 Å². The lowest BCUT2D eigenvalue weighted by molar-refractivity contribution is -0.0690. The van der Waals surface area contributed by atoms with Gasteiger partial charge in [0.1, 0.15) is 48.5 Å². The van der Waals surface area contributed by atoms with E-state index >= 15 is 0 Å². The Kier molecular flexibility index (Phi) is 8.14. The van der Waals surface area contributed by atoms with Gasteiger partial charge in [-0.05, 0) is 0 Å². The van der Waals surface area contributed by atoms with Gasteiger partial charge in [-0.2, -0.15) is 4.98 Å². The maximum atomic E-state index is 13.9. The number of aliphatic hydroxyl groups excluding tert-OH is 2. The number of phosphoric acid groups is 2. The maximum Gasteiger partial charge on any atom is 0.475 e. The molecule has 0 radical (unpaired) electrons. The quantitative estimate of drug-likeness (QED) is 0.159. The Morgan fingerprint density at radius 1 is 0.851 bits per heavy atom. The molecule has 4 aromatic rings. The summed E-state index contributed by atoms with van der Waals surface area (Å²) >= 11 is 0. The highest BCUT2D eigenvalue weighted by Crippen LogP contribution is 2.57. The van der Waals surface area contributed by atoms with Crippen LogP contribution < -0.4 is 17.0 Å². The molecule has 23 nitrogen and oxygen atoms in total. The largest absolute Gasteiger partial charge is 0.475 e. The highest BCUT2D eigenvalue weighted by Gasteiger charge is 2.54. The van der Waals surface area contributed by atoms with Gasteiger partial charge in [0, 0.05) is 14.2 Å². The molecule has 0 aliphatic carbocycles. The van der Waals surface area contributed by atoms with Crippen LogP contribution in [0.1, 0.15) is 12.5 Å². The number of anilines is 2. The minimum absolute atomic E-state index is 0.0555. The molecule has 10 atom stereocenters. The Bertz CT molecular complexity index is 1970. The Morgan fingerprint density at radius 2 is 1.47 bits per heavy atom. The number of nitrogens with two attached hydrogens (primary N) is 2. The fraction of sp³-hybridized carbons (Fsp3) is 0.545. The highest BCUT2D eigenvalue weighted by molar-refractivity contribution is 7.48. The van der Waals surface area contributed by atoms with Crippen molar-refractivity contribution < 1.29 is 56.0 Å². The van der Waals surface area contributed by atoms with Gasteiger partial charge < -0.3 is 31.2 Å². The fourth-order valence-electron chi connectivity index (χ4n) is 5.47. The third-order valence-electron chi connectivity index (χ3n) is 7.75. The first-order chi connectivity index (χ1) is 22.4. The number of aromatic nitrogens is 8. The van der Waals surface area contributed by atoms with Crippen LogP contribution in [0, 0.1) is 0 Å². The number of nitrogens with one attached hydrogen (secondary N) is 1. The van der Waals surface area contributed by atoms with E-state index in [1.54, 1.807) is 0 Å². The number of phosphoric ester groups is 2. The van der Waals surface area contributed by atoms with Crippen molar-refractivity contribution >= 4 is 49.7 Å². The molecule has 7 N–H and O–H groups in total. The van der Waals surface area contributed by atoms with E-state index in [2.05, 4.69) is 29.9 Å². The molecule has 3 fully saturated rings. The van der Waals surface area contributed by atoms with Crippen molar-refractivity contribution in [3.8, 4) is 0 Å². The fourth-order valence-corrected chi connectivity index (χ4v) is 7.72. The van der Waals surface area contributed by atoms with E-state index in [0.717, 1.165) is 14.2 Å². The predicted molar refractivity (Wildman–Crippen MR) is 153 cm³/mol. The van der Waals surface area contributed by atoms with E-state index in [9.17, 15) is 24.1 Å². The second kappa shape index (κ2) is 11.9. The lowest BCUT2D eigenvalue weighted by atomic mass is 10.1. The zero-order chi connectivity index (χ0) is 33.2. The first kappa shape index (κ1) is 32.1. The van der Waals surface area contributed by atoms with Gasteiger partial charge in [0.25, 0.3) is 5.56 Å². The highest BCUT2D eigenvalue weighted by atomic mass is 31.2. The van der Waals surface area contributed by atoms with Crippen LogP contribution in [0.3, 0.4) is 0 Å². The molecule has 3 aliphatic heterocycles. The van der Waals surface area contributed by atoms with Crippen LogP contribution >= 0.6 is 15.6 Å². The number of fused-ring (bicyclic) bond motifs is 5. The number of nitrogen functional groups attached to an aromatic ring is 2. The molecule has 0 amide bonds. The number of H-pyrrole nitrogens is 1. The predicted octanol–water partition coefficient (Wildman–Crippen LogP) is -1.03. The van der Waals surface area contributed by atoms with Crippen molar-refractivity contribution in [3.63, 3.8) is 0 Å². The molecule has 0 saturated carbocycles. The Labute approximate surface area is 262 Å². The summed E-state index contributed by atoms with van der Waals surface area (Å²) in [5.41, 5.74) is 11.2. The monoisotopic (exact) mass is 702 g/mol. The average Bonchev–Trinajstić information content (AvgIpc) is 3.81. The molecular formula is C22H28N10O13P2. The lowest BCUT2D eigenvalue weighted by Crippen LogP contribution is -2.36. The van der Waals surface area contributed by atoms with Crippen LogP contribution in [0.5, 0.6) is 0 Å². The van der Waals surface area contributed by atoms with Crippen molar-refractivity contribution in [2.24, 2.45) is 0 Å². The molecule has 0 spiro atoms. The van der Waals surface area contributed by atoms with Crippen molar-refractivity contribution in [1.29, 1.82) is 0 Å². The molecular weight excluding hydrogens is 674 g/mol. The third-order valence-corrected chi connectivity index (χ3v) is 10.6. The molecule has 47 heavy (non-hydrogen) atoms. The zero-order valence-electron chi connectivity index (χ0n) is 24.3. The smallest absolute Gasteiger partial charge is 0.387 e. The van der Waals surface area contributed by atoms with Crippen LogP contribution in [0.15, 0.2) is 23.8 Å². The van der Waals surface area contributed by atoms with Crippen LogP contribution in [-0.4, -0.2) is 113 Å². The van der Waals surface area contributed by atoms with Gasteiger partial charge in [-0.1, -0.05) is 0 Å². The SMILES string of the molecule is COP1(=O)OC[C@H]2O[C@@H](n3cnc4c(N)ncnc43)C(O)[C@H]2OP(=O)(OC)OC[C@H]2O[C@@H](n3cnc4c(=O)[nH]c(N)nc43)C(O1)[C@H]2O. The molecule has 4 aromatic heterocycles. The van der Waals surface area contributed by atoms with E-state index in [4.69, 9.17) is 48.1 Å². The topological polar surface area (TPSA) is 308 Å². The summed E-state index contributed by atoms with van der Waals surface area (Å²) in [4.78, 5) is 35.0. The van der Waals surface area contributed by atoms with Gasteiger partial charge >= 0.3 is 15.6 Å². The first-order valence-electron chi connectivity index (χ1n) is 13.7. The van der Waals surface area contributed by atoms with Crippen molar-refractivity contribution in [2.75, 3.05) is 38.9 Å². The summed E-state index contributed by atoms with van der Waals surface area (Å²) in [6.07, 6.45) is -7.88. The molecule has 0 aromatic carbocycles. The van der Waals surface area contributed by atoms with Gasteiger partial charge in [0.15, 0.2) is 35.1 Å². The summed E-state index contributed by atoms with van der Waals surface area (Å²) in [6, 6.07) is 0. The Hall–Kier alpha value is -3.44. The normalized spacial score (nSPS) is 36.6. The maximum absolute atomic E-state index is 13.9. The second-order valence-electron chi connectivity index (χ2n) is 10.5. The number of rotatable bonds is 4. The molecule has 3 saturated heterocycles. The van der Waals surface area contributed by atoms with Crippen LogP contribution in [0.25, 0.3) is 22.3 Å². The number of nitrogens with zero attached hydrogens (tertiary/aromatic N) is 7. The third kappa shape index (κ3) is 5.53.